The van der Waals surface area contributed by atoms with Gasteiger partial charge in [0.2, 0.25) is 0 Å². The van der Waals surface area contributed by atoms with Crippen LogP contribution in [0.4, 0.5) is 0 Å². The smallest absolute Gasteiger partial charge is 0.269 e. The van der Waals surface area contributed by atoms with Gasteiger partial charge in [-0.3, -0.25) is 24.8 Å². The number of carbonyl (C=O) groups is 1. The Bertz CT molecular complexity index is 1160. The highest BCUT2D eigenvalue weighted by Crippen LogP contribution is 2.29. The number of amides is 1. The number of aromatic nitrogens is 5. The molecule has 0 aliphatic carbocycles. The van der Waals surface area contributed by atoms with E-state index in [9.17, 15) is 9.59 Å². The van der Waals surface area contributed by atoms with Crippen molar-refractivity contribution in [2.75, 3.05) is 0 Å². The standard InChI is InChI=1S/C20H18N6O2/c1-12-5-7-13(8-6-12)18-19(14-4-2-3-9-21-14)24-16(23-18)11-22-20(28)15-10-17(27)26-25-15/h2-10H,11H2,1H3,(H,22,28)(H,23,24)(H2,25,26,27). The van der Waals surface area contributed by atoms with E-state index in [1.807, 2.05) is 49.4 Å². The first-order chi connectivity index (χ1) is 13.6. The third-order valence-corrected chi connectivity index (χ3v) is 4.26. The number of benzene rings is 1. The first kappa shape index (κ1) is 17.5. The monoisotopic (exact) mass is 374 g/mol. The zero-order valence-corrected chi connectivity index (χ0v) is 15.1. The van der Waals surface area contributed by atoms with Gasteiger partial charge in [0.1, 0.15) is 11.5 Å². The number of H-pyrrole nitrogens is 3. The first-order valence-corrected chi connectivity index (χ1v) is 8.73. The van der Waals surface area contributed by atoms with Gasteiger partial charge in [-0.05, 0) is 19.1 Å². The average Bonchev–Trinajstić information content (AvgIpc) is 3.34. The molecule has 0 saturated heterocycles. The third kappa shape index (κ3) is 3.61. The van der Waals surface area contributed by atoms with Crippen LogP contribution in [0.2, 0.25) is 0 Å². The third-order valence-electron chi connectivity index (χ3n) is 4.26. The molecule has 0 saturated carbocycles. The molecule has 0 unspecified atom stereocenters. The van der Waals surface area contributed by atoms with Crippen LogP contribution in [0.25, 0.3) is 22.6 Å². The molecular weight excluding hydrogens is 356 g/mol. The molecule has 0 fully saturated rings. The molecule has 3 heterocycles. The first-order valence-electron chi connectivity index (χ1n) is 8.73. The lowest BCUT2D eigenvalue weighted by Crippen LogP contribution is -2.23. The predicted octanol–water partition coefficient (Wildman–Crippen LogP) is 2.39. The number of pyridine rings is 1. The van der Waals surface area contributed by atoms with Crippen molar-refractivity contribution in [3.63, 3.8) is 0 Å². The summed E-state index contributed by atoms with van der Waals surface area (Å²) in [5.74, 6) is 0.188. The second kappa shape index (κ2) is 7.36. The fourth-order valence-corrected chi connectivity index (χ4v) is 2.84. The van der Waals surface area contributed by atoms with Gasteiger partial charge in [0, 0.05) is 17.8 Å². The van der Waals surface area contributed by atoms with Crippen LogP contribution in [0.15, 0.2) is 59.5 Å². The summed E-state index contributed by atoms with van der Waals surface area (Å²) in [6.07, 6.45) is 1.72. The van der Waals surface area contributed by atoms with Gasteiger partial charge < -0.3 is 10.3 Å². The lowest BCUT2D eigenvalue weighted by molar-refractivity contribution is 0.0945. The highest BCUT2D eigenvalue weighted by Gasteiger charge is 2.16. The predicted molar refractivity (Wildman–Crippen MR) is 105 cm³/mol. The summed E-state index contributed by atoms with van der Waals surface area (Å²) in [4.78, 5) is 35.6. The quantitative estimate of drug-likeness (QED) is 0.429. The van der Waals surface area contributed by atoms with Crippen molar-refractivity contribution in [2.45, 2.75) is 13.5 Å². The van der Waals surface area contributed by atoms with Crippen molar-refractivity contribution in [2.24, 2.45) is 0 Å². The van der Waals surface area contributed by atoms with E-state index in [-0.39, 0.29) is 17.8 Å². The lowest BCUT2D eigenvalue weighted by atomic mass is 10.1. The van der Waals surface area contributed by atoms with E-state index in [0.717, 1.165) is 28.2 Å². The summed E-state index contributed by atoms with van der Waals surface area (Å²) in [6, 6.07) is 14.9. The number of imidazole rings is 1. The van der Waals surface area contributed by atoms with Gasteiger partial charge in [-0.1, -0.05) is 35.9 Å². The summed E-state index contributed by atoms with van der Waals surface area (Å²) >= 11 is 0. The van der Waals surface area contributed by atoms with Gasteiger partial charge in [-0.2, -0.15) is 0 Å². The second-order valence-corrected chi connectivity index (χ2v) is 6.34. The zero-order valence-electron chi connectivity index (χ0n) is 15.1. The minimum absolute atomic E-state index is 0.167. The summed E-state index contributed by atoms with van der Waals surface area (Å²) in [7, 11) is 0. The lowest BCUT2D eigenvalue weighted by Gasteiger charge is -2.02. The molecule has 4 N–H and O–H groups in total. The Hall–Kier alpha value is -3.94. The molecule has 8 heteroatoms. The Morgan fingerprint density at radius 1 is 1.11 bits per heavy atom. The average molecular weight is 374 g/mol. The zero-order chi connectivity index (χ0) is 19.5. The van der Waals surface area contributed by atoms with E-state index in [0.29, 0.717) is 5.82 Å². The number of carbonyl (C=O) groups excluding carboxylic acids is 1. The molecule has 1 amide bonds. The van der Waals surface area contributed by atoms with E-state index in [1.165, 1.54) is 6.07 Å². The molecule has 4 aromatic rings. The maximum atomic E-state index is 12.1. The van der Waals surface area contributed by atoms with Crippen LogP contribution < -0.4 is 10.9 Å². The van der Waals surface area contributed by atoms with Crippen molar-refractivity contribution in [1.29, 1.82) is 0 Å². The normalized spacial score (nSPS) is 10.8. The molecule has 0 aliphatic rings. The van der Waals surface area contributed by atoms with E-state index in [4.69, 9.17) is 0 Å². The van der Waals surface area contributed by atoms with Crippen LogP contribution in [0.1, 0.15) is 21.9 Å². The Morgan fingerprint density at radius 3 is 2.61 bits per heavy atom. The van der Waals surface area contributed by atoms with Gasteiger partial charge in [0.25, 0.3) is 11.5 Å². The fraction of sp³-hybridized carbons (Fsp3) is 0.100. The summed E-state index contributed by atoms with van der Waals surface area (Å²) in [5, 5.41) is 7.60. The van der Waals surface area contributed by atoms with Gasteiger partial charge in [0.05, 0.1) is 23.6 Å². The molecule has 1 aromatic carbocycles. The van der Waals surface area contributed by atoms with Crippen LogP contribution in [-0.4, -0.2) is 31.1 Å². The molecule has 3 aromatic heterocycles. The second-order valence-electron chi connectivity index (χ2n) is 6.34. The Kier molecular flexibility index (Phi) is 4.59. The van der Waals surface area contributed by atoms with E-state index < -0.39 is 5.91 Å². The molecule has 0 spiro atoms. The van der Waals surface area contributed by atoms with Crippen molar-refractivity contribution in [3.8, 4) is 22.6 Å². The molecule has 28 heavy (non-hydrogen) atoms. The number of nitrogens with one attached hydrogen (secondary N) is 4. The van der Waals surface area contributed by atoms with Gasteiger partial charge >= 0.3 is 0 Å². The SMILES string of the molecule is Cc1ccc(-c2nc(CNC(=O)c3cc(=O)[nH][nH]3)[nH]c2-c2ccccn2)cc1. The highest BCUT2D eigenvalue weighted by atomic mass is 16.2. The van der Waals surface area contributed by atoms with Crippen LogP contribution >= 0.6 is 0 Å². The molecule has 140 valence electrons. The van der Waals surface area contributed by atoms with Crippen molar-refractivity contribution in [3.05, 3.63) is 82.2 Å². The Balaban J connectivity index is 1.64. The van der Waals surface area contributed by atoms with Gasteiger partial charge in [-0.15, -0.1) is 0 Å². The molecule has 0 atom stereocenters. The number of hydrogen-bond acceptors (Lipinski definition) is 4. The minimum Gasteiger partial charge on any atom is -0.343 e. The maximum absolute atomic E-state index is 12.1. The number of nitrogens with zero attached hydrogens (tertiary/aromatic N) is 2. The van der Waals surface area contributed by atoms with Crippen LogP contribution in [0.5, 0.6) is 0 Å². The highest BCUT2D eigenvalue weighted by molar-refractivity contribution is 5.92. The largest absolute Gasteiger partial charge is 0.343 e. The molecule has 0 bridgehead atoms. The van der Waals surface area contributed by atoms with Crippen molar-refractivity contribution >= 4 is 5.91 Å². The minimum atomic E-state index is -0.397. The number of aromatic amines is 3. The van der Waals surface area contributed by atoms with Gasteiger partial charge in [-0.25, -0.2) is 4.98 Å². The van der Waals surface area contributed by atoms with Crippen LogP contribution in [-0.2, 0) is 6.54 Å². The maximum Gasteiger partial charge on any atom is 0.269 e. The van der Waals surface area contributed by atoms with Crippen molar-refractivity contribution < 1.29 is 4.79 Å². The van der Waals surface area contributed by atoms with Crippen molar-refractivity contribution in [1.82, 2.24) is 30.5 Å². The number of rotatable bonds is 5. The molecule has 0 radical (unpaired) electrons. The van der Waals surface area contributed by atoms with E-state index >= 15 is 0 Å². The van der Waals surface area contributed by atoms with Crippen LogP contribution in [0, 0.1) is 6.92 Å². The van der Waals surface area contributed by atoms with Gasteiger partial charge in [0.15, 0.2) is 0 Å². The molecule has 4 rings (SSSR count). The molecule has 8 nitrogen and oxygen atoms in total. The number of hydrogen-bond donors (Lipinski definition) is 4. The van der Waals surface area contributed by atoms with E-state index in [2.05, 4.69) is 30.5 Å². The Labute approximate surface area is 160 Å². The summed E-state index contributed by atoms with van der Waals surface area (Å²) in [6.45, 7) is 2.21. The molecule has 0 aliphatic heterocycles. The van der Waals surface area contributed by atoms with E-state index in [1.54, 1.807) is 6.20 Å². The fourth-order valence-electron chi connectivity index (χ4n) is 2.84. The van der Waals surface area contributed by atoms with Crippen LogP contribution in [0.3, 0.4) is 0 Å². The Morgan fingerprint density at radius 2 is 1.93 bits per heavy atom. The number of aryl methyl sites for hydroxylation is 1. The summed E-state index contributed by atoms with van der Waals surface area (Å²) < 4.78 is 0. The topological polar surface area (TPSA) is 119 Å². The summed E-state index contributed by atoms with van der Waals surface area (Å²) in [5.41, 5.74) is 4.23. The molecular formula is C20H18N6O2.